The third-order valence-corrected chi connectivity index (χ3v) is 8.88. The van der Waals surface area contributed by atoms with Gasteiger partial charge in [-0.2, -0.15) is 0 Å². The zero-order valence-electron chi connectivity index (χ0n) is 16.2. The summed E-state index contributed by atoms with van der Waals surface area (Å²) in [5.74, 6) is 2.38. The van der Waals surface area contributed by atoms with Crippen LogP contribution in [-0.2, 0) is 4.79 Å². The molecule has 1 unspecified atom stereocenters. The number of carbonyl (C=O) groups excluding carboxylic acids is 1. The second kappa shape index (κ2) is 5.55. The number of aliphatic hydroxyl groups is 1. The molecule has 138 valence electrons. The average molecular weight is 343 g/mol. The van der Waals surface area contributed by atoms with E-state index in [0.29, 0.717) is 23.5 Å². The summed E-state index contributed by atoms with van der Waals surface area (Å²) in [5, 5.41) is 11.5. The molecular weight excluding hydrogens is 308 g/mol. The highest BCUT2D eigenvalue weighted by Crippen LogP contribution is 2.68. The van der Waals surface area contributed by atoms with Crippen LogP contribution in [-0.4, -0.2) is 16.5 Å². The van der Waals surface area contributed by atoms with Crippen LogP contribution in [0.4, 0.5) is 0 Å². The fourth-order valence-corrected chi connectivity index (χ4v) is 7.46. The second-order valence-electron chi connectivity index (χ2n) is 10.1. The van der Waals surface area contributed by atoms with E-state index in [-0.39, 0.29) is 10.8 Å². The third kappa shape index (κ3) is 2.36. The van der Waals surface area contributed by atoms with E-state index in [2.05, 4.69) is 27.4 Å². The van der Waals surface area contributed by atoms with Gasteiger partial charge in [0.25, 0.3) is 0 Å². The van der Waals surface area contributed by atoms with Crippen LogP contribution in [0.1, 0.15) is 78.6 Å². The van der Waals surface area contributed by atoms with Crippen LogP contribution < -0.4 is 0 Å². The first kappa shape index (κ1) is 17.5. The van der Waals surface area contributed by atoms with Crippen LogP contribution in [0.15, 0.2) is 23.8 Å². The molecule has 2 heteroatoms. The molecule has 4 aliphatic carbocycles. The summed E-state index contributed by atoms with van der Waals surface area (Å²) in [5.41, 5.74) is 2.25. The highest BCUT2D eigenvalue weighted by molar-refractivity contribution is 5.91. The van der Waals surface area contributed by atoms with Gasteiger partial charge in [0, 0.05) is 6.42 Å². The van der Waals surface area contributed by atoms with Crippen molar-refractivity contribution in [3.63, 3.8) is 0 Å². The van der Waals surface area contributed by atoms with E-state index in [1.165, 1.54) is 18.4 Å². The lowest BCUT2D eigenvalue weighted by atomic mass is 9.46. The largest absolute Gasteiger partial charge is 0.389 e. The predicted molar refractivity (Wildman–Crippen MR) is 101 cm³/mol. The summed E-state index contributed by atoms with van der Waals surface area (Å²) in [7, 11) is 0. The predicted octanol–water partition coefficient (Wildman–Crippen LogP) is 5.22. The molecule has 4 rings (SSSR count). The minimum absolute atomic E-state index is 0.0369. The number of ketones is 1. The van der Waals surface area contributed by atoms with E-state index in [9.17, 15) is 9.90 Å². The van der Waals surface area contributed by atoms with Gasteiger partial charge in [-0.05, 0) is 93.0 Å². The molecular formula is C23H34O2. The van der Waals surface area contributed by atoms with Gasteiger partial charge in [-0.15, -0.1) is 6.58 Å². The van der Waals surface area contributed by atoms with Gasteiger partial charge in [-0.25, -0.2) is 0 Å². The summed E-state index contributed by atoms with van der Waals surface area (Å²) in [6, 6.07) is 0. The molecule has 4 aliphatic rings. The van der Waals surface area contributed by atoms with Gasteiger partial charge in [0.2, 0.25) is 0 Å². The second-order valence-corrected chi connectivity index (χ2v) is 10.1. The Morgan fingerprint density at radius 2 is 1.88 bits per heavy atom. The van der Waals surface area contributed by atoms with Crippen LogP contribution in [0.2, 0.25) is 0 Å². The molecule has 0 aliphatic heterocycles. The van der Waals surface area contributed by atoms with E-state index in [1.807, 2.05) is 6.08 Å². The van der Waals surface area contributed by atoms with Crippen molar-refractivity contribution in [1.29, 1.82) is 0 Å². The SMILES string of the molecule is C=C(C)CC1(O)CC[C@H]2[C@@H]3CCC4=CC(=O)CC[C@]4(C)[C@H]3CC[C@@]21C. The lowest BCUT2D eigenvalue weighted by molar-refractivity contribution is -0.129. The first-order chi connectivity index (χ1) is 11.7. The average Bonchev–Trinajstić information content (AvgIpc) is 2.79. The molecule has 3 saturated carbocycles. The van der Waals surface area contributed by atoms with Crippen molar-refractivity contribution >= 4 is 5.78 Å². The Balaban J connectivity index is 1.66. The molecule has 0 aromatic rings. The topological polar surface area (TPSA) is 37.3 Å². The van der Waals surface area contributed by atoms with Crippen molar-refractivity contribution in [1.82, 2.24) is 0 Å². The highest BCUT2D eigenvalue weighted by Gasteiger charge is 2.63. The molecule has 0 saturated heterocycles. The summed E-state index contributed by atoms with van der Waals surface area (Å²) in [6.45, 7) is 10.9. The van der Waals surface area contributed by atoms with Gasteiger partial charge in [0.15, 0.2) is 5.78 Å². The number of hydrogen-bond acceptors (Lipinski definition) is 2. The Morgan fingerprint density at radius 1 is 1.16 bits per heavy atom. The molecule has 0 bridgehead atoms. The van der Waals surface area contributed by atoms with Crippen molar-refractivity contribution in [2.45, 2.75) is 84.2 Å². The Bertz CT molecular complexity index is 646. The maximum absolute atomic E-state index is 11.9. The molecule has 6 atom stereocenters. The van der Waals surface area contributed by atoms with Crippen LogP contribution >= 0.6 is 0 Å². The van der Waals surface area contributed by atoms with Crippen molar-refractivity contribution in [3.8, 4) is 0 Å². The van der Waals surface area contributed by atoms with Gasteiger partial charge in [0.05, 0.1) is 5.60 Å². The maximum Gasteiger partial charge on any atom is 0.155 e. The lowest BCUT2D eigenvalue weighted by Gasteiger charge is -2.59. The Kier molecular flexibility index (Phi) is 3.89. The maximum atomic E-state index is 11.9. The van der Waals surface area contributed by atoms with Crippen LogP contribution in [0.25, 0.3) is 0 Å². The molecule has 0 radical (unpaired) electrons. The first-order valence-corrected chi connectivity index (χ1v) is 10.3. The van der Waals surface area contributed by atoms with Gasteiger partial charge < -0.3 is 5.11 Å². The van der Waals surface area contributed by atoms with Crippen molar-refractivity contribution in [3.05, 3.63) is 23.8 Å². The highest BCUT2D eigenvalue weighted by atomic mass is 16.3. The molecule has 0 heterocycles. The Hall–Kier alpha value is -0.890. The van der Waals surface area contributed by atoms with Gasteiger partial charge >= 0.3 is 0 Å². The lowest BCUT2D eigenvalue weighted by Crippen LogP contribution is -2.54. The first-order valence-electron chi connectivity index (χ1n) is 10.3. The van der Waals surface area contributed by atoms with E-state index in [1.54, 1.807) is 0 Å². The molecule has 0 spiro atoms. The number of carbonyl (C=O) groups is 1. The molecule has 0 aromatic heterocycles. The molecule has 0 aromatic carbocycles. The number of fused-ring (bicyclic) bond motifs is 5. The molecule has 2 nitrogen and oxygen atoms in total. The number of hydrogen-bond donors (Lipinski definition) is 1. The quantitative estimate of drug-likeness (QED) is 0.699. The summed E-state index contributed by atoms with van der Waals surface area (Å²) >= 11 is 0. The van der Waals surface area contributed by atoms with Gasteiger partial charge in [-0.3, -0.25) is 4.79 Å². The minimum Gasteiger partial charge on any atom is -0.389 e. The van der Waals surface area contributed by atoms with Crippen LogP contribution in [0.3, 0.4) is 0 Å². The van der Waals surface area contributed by atoms with Gasteiger partial charge in [0.1, 0.15) is 0 Å². The number of rotatable bonds is 2. The van der Waals surface area contributed by atoms with Crippen molar-refractivity contribution < 1.29 is 9.90 Å². The standard InChI is InChI=1S/C23H34O2/c1-15(2)14-23(25)12-9-20-18-6-5-16-13-17(24)7-10-21(16,3)19(18)8-11-22(20,23)4/h13,18-20,25H,1,5-12,14H2,2-4H3/t18-,19+,20+,21+,22+,23?/m1/s1. The summed E-state index contributed by atoms with van der Waals surface area (Å²) in [6.07, 6.45) is 11.2. The smallest absolute Gasteiger partial charge is 0.155 e. The molecule has 3 fully saturated rings. The fraction of sp³-hybridized carbons (Fsp3) is 0.783. The monoisotopic (exact) mass is 342 g/mol. The van der Waals surface area contributed by atoms with Crippen LogP contribution in [0, 0.1) is 28.6 Å². The van der Waals surface area contributed by atoms with Crippen LogP contribution in [0.5, 0.6) is 0 Å². The molecule has 25 heavy (non-hydrogen) atoms. The fourth-order valence-electron chi connectivity index (χ4n) is 7.46. The zero-order valence-corrected chi connectivity index (χ0v) is 16.2. The number of allylic oxidation sites excluding steroid dienone is 1. The van der Waals surface area contributed by atoms with Crippen molar-refractivity contribution in [2.75, 3.05) is 0 Å². The Labute approximate surface area is 152 Å². The van der Waals surface area contributed by atoms with E-state index < -0.39 is 5.60 Å². The molecule has 1 N–H and O–H groups in total. The van der Waals surface area contributed by atoms with E-state index in [0.717, 1.165) is 50.5 Å². The zero-order chi connectivity index (χ0) is 18.0. The van der Waals surface area contributed by atoms with Crippen molar-refractivity contribution in [2.24, 2.45) is 28.6 Å². The summed E-state index contributed by atoms with van der Waals surface area (Å²) < 4.78 is 0. The normalized spacial score (nSPS) is 49.0. The van der Waals surface area contributed by atoms with Gasteiger partial charge in [-0.1, -0.05) is 25.0 Å². The Morgan fingerprint density at radius 3 is 2.60 bits per heavy atom. The third-order valence-electron chi connectivity index (χ3n) is 8.88. The van der Waals surface area contributed by atoms with E-state index >= 15 is 0 Å². The minimum atomic E-state index is -0.561. The summed E-state index contributed by atoms with van der Waals surface area (Å²) in [4.78, 5) is 11.9. The van der Waals surface area contributed by atoms with E-state index in [4.69, 9.17) is 0 Å². The molecule has 0 amide bonds.